The lowest BCUT2D eigenvalue weighted by Crippen LogP contribution is -2.45. The molecule has 0 radical (unpaired) electrons. The van der Waals surface area contributed by atoms with Gasteiger partial charge in [-0.25, -0.2) is 0 Å². The molecule has 1 atom stereocenters. The average Bonchev–Trinajstić information content (AvgIpc) is 3.28. The Kier molecular flexibility index (Phi) is 6.60. The molecule has 0 spiro atoms. The van der Waals surface area contributed by atoms with Gasteiger partial charge in [-0.05, 0) is 80.9 Å². The lowest BCUT2D eigenvalue weighted by Gasteiger charge is -2.37. The first kappa shape index (κ1) is 22.7. The highest BCUT2D eigenvalue weighted by Crippen LogP contribution is 2.38. The Morgan fingerprint density at radius 1 is 1.15 bits per heavy atom. The molecular formula is C26H28N4O2S. The highest BCUT2D eigenvalue weighted by Gasteiger charge is 2.33. The molecule has 0 amide bonds. The molecule has 6 nitrogen and oxygen atoms in total. The summed E-state index contributed by atoms with van der Waals surface area (Å²) in [5.74, 6) is 1.79. The van der Waals surface area contributed by atoms with E-state index in [9.17, 15) is 0 Å². The predicted molar refractivity (Wildman–Crippen MR) is 135 cm³/mol. The summed E-state index contributed by atoms with van der Waals surface area (Å²) in [5, 5.41) is 8.38. The van der Waals surface area contributed by atoms with Crippen LogP contribution in [0.25, 0.3) is 17.0 Å². The number of hydrogen-bond acceptors (Lipinski definition) is 5. The van der Waals surface area contributed by atoms with Gasteiger partial charge in [0.05, 0.1) is 18.2 Å². The van der Waals surface area contributed by atoms with Crippen LogP contribution in [-0.2, 0) is 0 Å². The number of allylic oxidation sites excluding steroid dienone is 1. The zero-order chi connectivity index (χ0) is 23.5. The van der Waals surface area contributed by atoms with Gasteiger partial charge in [-0.3, -0.25) is 0 Å². The van der Waals surface area contributed by atoms with Crippen LogP contribution in [0.15, 0.2) is 65.3 Å². The summed E-state index contributed by atoms with van der Waals surface area (Å²) in [6.07, 6.45) is 1.82. The second-order valence-electron chi connectivity index (χ2n) is 8.01. The molecule has 1 aliphatic rings. The number of hydrogen-bond donors (Lipinski definition) is 1. The molecule has 3 aromatic rings. The van der Waals surface area contributed by atoms with Gasteiger partial charge in [0, 0.05) is 17.8 Å². The van der Waals surface area contributed by atoms with E-state index in [1.807, 2.05) is 49.1 Å². The van der Waals surface area contributed by atoms with E-state index in [1.165, 1.54) is 11.1 Å². The van der Waals surface area contributed by atoms with Gasteiger partial charge in [-0.15, -0.1) is 6.58 Å². The van der Waals surface area contributed by atoms with E-state index in [0.29, 0.717) is 30.0 Å². The summed E-state index contributed by atoms with van der Waals surface area (Å²) in [5.41, 5.74) is 6.27. The molecule has 1 aliphatic heterocycles. The molecule has 0 saturated heterocycles. The van der Waals surface area contributed by atoms with Gasteiger partial charge in [0.1, 0.15) is 5.75 Å². The topological polar surface area (TPSA) is 63.4 Å². The van der Waals surface area contributed by atoms with E-state index in [0.717, 1.165) is 28.1 Å². The van der Waals surface area contributed by atoms with Gasteiger partial charge >= 0.3 is 0 Å². The first-order valence-electron chi connectivity index (χ1n) is 11.0. The molecule has 2 heterocycles. The van der Waals surface area contributed by atoms with E-state index in [-0.39, 0.29) is 6.04 Å². The van der Waals surface area contributed by atoms with Crippen LogP contribution < -0.4 is 10.1 Å². The average molecular weight is 461 g/mol. The Labute approximate surface area is 200 Å². The molecule has 7 heteroatoms. The first-order valence-corrected chi connectivity index (χ1v) is 11.4. The predicted octanol–water partition coefficient (Wildman–Crippen LogP) is 5.60. The second kappa shape index (κ2) is 9.58. The fraction of sp³-hybridized carbons (Fsp3) is 0.269. The molecule has 0 aliphatic carbocycles. The van der Waals surface area contributed by atoms with Crippen molar-refractivity contribution in [3.05, 3.63) is 83.4 Å². The minimum atomic E-state index is -0.202. The third-order valence-corrected chi connectivity index (χ3v) is 6.19. The van der Waals surface area contributed by atoms with E-state index in [4.69, 9.17) is 26.5 Å². The van der Waals surface area contributed by atoms with Gasteiger partial charge in [0.15, 0.2) is 5.11 Å². The Bertz CT molecular complexity index is 1210. The van der Waals surface area contributed by atoms with Crippen molar-refractivity contribution >= 4 is 22.9 Å². The van der Waals surface area contributed by atoms with Crippen molar-refractivity contribution in [1.29, 1.82) is 0 Å². The minimum absolute atomic E-state index is 0.202. The number of benzene rings is 2. The van der Waals surface area contributed by atoms with E-state index < -0.39 is 0 Å². The molecule has 1 aromatic heterocycles. The quantitative estimate of drug-likeness (QED) is 0.364. The molecule has 0 bridgehead atoms. The maximum atomic E-state index is 5.79. The fourth-order valence-electron chi connectivity index (χ4n) is 3.92. The van der Waals surface area contributed by atoms with Crippen LogP contribution in [0.4, 0.5) is 0 Å². The Hall–Kier alpha value is -3.45. The van der Waals surface area contributed by atoms with Crippen molar-refractivity contribution in [3.63, 3.8) is 0 Å². The van der Waals surface area contributed by atoms with Crippen molar-refractivity contribution in [2.45, 2.75) is 33.7 Å². The van der Waals surface area contributed by atoms with Crippen molar-refractivity contribution in [2.24, 2.45) is 0 Å². The zero-order valence-electron chi connectivity index (χ0n) is 19.4. The van der Waals surface area contributed by atoms with Crippen molar-refractivity contribution in [1.82, 2.24) is 20.4 Å². The molecule has 0 saturated carbocycles. The minimum Gasteiger partial charge on any atom is -0.494 e. The van der Waals surface area contributed by atoms with E-state index in [2.05, 4.69) is 49.1 Å². The summed E-state index contributed by atoms with van der Waals surface area (Å²) in [6.45, 7) is 13.3. The SMILES string of the molecule is C=CCN1C(=S)NC(c2ccc(C)c(C)c2)C(c2nc(-c3ccc(OCC)cc3)no2)=C1C. The largest absolute Gasteiger partial charge is 0.494 e. The maximum Gasteiger partial charge on any atom is 0.258 e. The number of thiocarbonyl (C=S) groups is 1. The van der Waals surface area contributed by atoms with Gasteiger partial charge in [0.2, 0.25) is 5.82 Å². The Morgan fingerprint density at radius 3 is 2.58 bits per heavy atom. The number of rotatable bonds is 7. The number of aryl methyl sites for hydroxylation is 2. The molecule has 2 aromatic carbocycles. The summed E-state index contributed by atoms with van der Waals surface area (Å²) >= 11 is 5.68. The normalized spacial score (nSPS) is 16.1. The highest BCUT2D eigenvalue weighted by atomic mass is 32.1. The Morgan fingerprint density at radius 2 is 1.91 bits per heavy atom. The smallest absolute Gasteiger partial charge is 0.258 e. The van der Waals surface area contributed by atoms with Crippen LogP contribution in [0, 0.1) is 13.8 Å². The first-order chi connectivity index (χ1) is 15.9. The molecule has 4 rings (SSSR count). The summed E-state index contributed by atoms with van der Waals surface area (Å²) in [4.78, 5) is 6.75. The summed E-state index contributed by atoms with van der Waals surface area (Å²) in [6, 6.07) is 13.9. The van der Waals surface area contributed by atoms with Crippen LogP contribution in [0.5, 0.6) is 5.75 Å². The van der Waals surface area contributed by atoms with Crippen molar-refractivity contribution in [2.75, 3.05) is 13.2 Å². The fourth-order valence-corrected chi connectivity index (χ4v) is 4.25. The molecule has 1 unspecified atom stereocenters. The second-order valence-corrected chi connectivity index (χ2v) is 8.39. The van der Waals surface area contributed by atoms with Crippen LogP contribution >= 0.6 is 12.2 Å². The van der Waals surface area contributed by atoms with Gasteiger partial charge in [0.25, 0.3) is 5.89 Å². The third-order valence-electron chi connectivity index (χ3n) is 5.85. The van der Waals surface area contributed by atoms with E-state index >= 15 is 0 Å². The monoisotopic (exact) mass is 460 g/mol. The van der Waals surface area contributed by atoms with Crippen LogP contribution in [0.3, 0.4) is 0 Å². The number of nitrogens with one attached hydrogen (secondary N) is 1. The molecule has 1 N–H and O–H groups in total. The number of aromatic nitrogens is 2. The number of ether oxygens (including phenoxy) is 1. The Balaban J connectivity index is 1.77. The molecule has 0 fully saturated rings. The van der Waals surface area contributed by atoms with Crippen molar-refractivity contribution in [3.8, 4) is 17.1 Å². The standard InChI is InChI=1S/C26H28N4O2S/c1-6-14-30-18(5)22(23(27-26(30)33)20-9-8-16(3)17(4)15-20)25-28-24(29-32-25)19-10-12-21(13-11-19)31-7-2/h6,8-13,15,23H,1,7,14H2,2-5H3,(H,27,33). The highest BCUT2D eigenvalue weighted by molar-refractivity contribution is 7.80. The maximum absolute atomic E-state index is 5.79. The van der Waals surface area contributed by atoms with Crippen LogP contribution in [-0.4, -0.2) is 33.3 Å². The summed E-state index contributed by atoms with van der Waals surface area (Å²) in [7, 11) is 0. The summed E-state index contributed by atoms with van der Waals surface area (Å²) < 4.78 is 11.3. The molecule has 170 valence electrons. The van der Waals surface area contributed by atoms with Gasteiger partial charge in [-0.2, -0.15) is 4.98 Å². The lowest BCUT2D eigenvalue weighted by molar-refractivity contribution is 0.340. The van der Waals surface area contributed by atoms with Crippen LogP contribution in [0.2, 0.25) is 0 Å². The molecule has 33 heavy (non-hydrogen) atoms. The lowest BCUT2D eigenvalue weighted by atomic mass is 9.92. The van der Waals surface area contributed by atoms with E-state index in [1.54, 1.807) is 0 Å². The van der Waals surface area contributed by atoms with Crippen LogP contribution in [0.1, 0.15) is 42.5 Å². The molecular weight excluding hydrogens is 432 g/mol. The van der Waals surface area contributed by atoms with Gasteiger partial charge < -0.3 is 19.5 Å². The van der Waals surface area contributed by atoms with Gasteiger partial charge in [-0.1, -0.05) is 29.4 Å². The zero-order valence-corrected chi connectivity index (χ0v) is 20.2. The van der Waals surface area contributed by atoms with Crippen molar-refractivity contribution < 1.29 is 9.26 Å². The third kappa shape index (κ3) is 4.54. The number of nitrogens with zero attached hydrogens (tertiary/aromatic N) is 3.